The Hall–Kier alpha value is -1.24. The van der Waals surface area contributed by atoms with Crippen molar-refractivity contribution >= 4 is 0 Å². The monoisotopic (exact) mass is 266 g/mol. The highest BCUT2D eigenvalue weighted by Gasteiger charge is 2.23. The Kier molecular flexibility index (Phi) is 5.07. The van der Waals surface area contributed by atoms with Gasteiger partial charge in [-0.2, -0.15) is 0 Å². The van der Waals surface area contributed by atoms with Crippen molar-refractivity contribution in [2.75, 3.05) is 32.8 Å². The molecule has 1 saturated heterocycles. The molecule has 19 heavy (non-hydrogen) atoms. The van der Waals surface area contributed by atoms with Gasteiger partial charge in [0.25, 0.3) is 5.56 Å². The van der Waals surface area contributed by atoms with Crippen LogP contribution in [0.2, 0.25) is 0 Å². The number of rotatable bonds is 5. The van der Waals surface area contributed by atoms with Gasteiger partial charge in [0.05, 0.1) is 6.61 Å². The molecule has 0 bridgehead atoms. The third kappa shape index (κ3) is 3.86. The summed E-state index contributed by atoms with van der Waals surface area (Å²) in [7, 11) is 0. The van der Waals surface area contributed by atoms with Gasteiger partial charge in [-0.05, 0) is 19.5 Å². The first-order valence-corrected chi connectivity index (χ1v) is 6.87. The van der Waals surface area contributed by atoms with E-state index in [1.54, 1.807) is 0 Å². The van der Waals surface area contributed by atoms with E-state index in [9.17, 15) is 4.79 Å². The molecule has 1 aliphatic rings. The number of aromatic amines is 1. The summed E-state index contributed by atoms with van der Waals surface area (Å²) in [5.41, 5.74) is 6.11. The van der Waals surface area contributed by atoms with Crippen molar-refractivity contribution in [3.8, 4) is 0 Å². The van der Waals surface area contributed by atoms with Crippen LogP contribution in [0.15, 0.2) is 10.9 Å². The van der Waals surface area contributed by atoms with Crippen LogP contribution in [0, 0.1) is 0 Å². The quantitative estimate of drug-likeness (QED) is 0.787. The smallest absolute Gasteiger partial charge is 0.251 e. The molecule has 0 aromatic carbocycles. The van der Waals surface area contributed by atoms with Crippen molar-refractivity contribution in [1.82, 2.24) is 14.9 Å². The molecule has 6 nitrogen and oxygen atoms in total. The molecule has 1 fully saturated rings. The second-order valence-electron chi connectivity index (χ2n) is 4.82. The number of H-pyrrole nitrogens is 1. The summed E-state index contributed by atoms with van der Waals surface area (Å²) in [4.78, 5) is 21.2. The highest BCUT2D eigenvalue weighted by Crippen LogP contribution is 2.18. The second kappa shape index (κ2) is 6.79. The molecule has 0 amide bonds. The largest absolute Gasteiger partial charge is 0.368 e. The molecule has 1 aliphatic heterocycles. The zero-order valence-electron chi connectivity index (χ0n) is 11.4. The standard InChI is InChI=1S/C13H22N4O2/c1-2-5-17-6-7-19-11(9-17)13-15-10(3-4-14)8-12(18)16-13/h8,11H,2-7,9,14H2,1H3,(H,15,16,18). The van der Waals surface area contributed by atoms with E-state index in [4.69, 9.17) is 10.5 Å². The molecule has 1 unspecified atom stereocenters. The van der Waals surface area contributed by atoms with Crippen LogP contribution in [0.4, 0.5) is 0 Å². The zero-order chi connectivity index (χ0) is 13.7. The molecule has 0 radical (unpaired) electrons. The number of morpholine rings is 1. The van der Waals surface area contributed by atoms with Crippen molar-refractivity contribution in [3.63, 3.8) is 0 Å². The van der Waals surface area contributed by atoms with Gasteiger partial charge in [0.2, 0.25) is 0 Å². The van der Waals surface area contributed by atoms with Crippen LogP contribution in [0.5, 0.6) is 0 Å². The minimum Gasteiger partial charge on any atom is -0.368 e. The van der Waals surface area contributed by atoms with Crippen molar-refractivity contribution in [3.05, 3.63) is 27.9 Å². The molecule has 3 N–H and O–H groups in total. The van der Waals surface area contributed by atoms with Gasteiger partial charge in [-0.25, -0.2) is 4.98 Å². The maximum Gasteiger partial charge on any atom is 0.251 e. The SMILES string of the molecule is CCCN1CCOC(c2nc(CCN)cc(=O)[nH]2)C1. The highest BCUT2D eigenvalue weighted by molar-refractivity contribution is 5.06. The van der Waals surface area contributed by atoms with Crippen LogP contribution in [-0.2, 0) is 11.2 Å². The third-order valence-electron chi connectivity index (χ3n) is 3.21. The lowest BCUT2D eigenvalue weighted by molar-refractivity contribution is -0.0344. The Balaban J connectivity index is 2.13. The predicted molar refractivity (Wildman–Crippen MR) is 73.0 cm³/mol. The van der Waals surface area contributed by atoms with E-state index < -0.39 is 0 Å². The van der Waals surface area contributed by atoms with Crippen LogP contribution in [0.3, 0.4) is 0 Å². The van der Waals surface area contributed by atoms with Gasteiger partial charge in [-0.1, -0.05) is 6.92 Å². The minimum atomic E-state index is -0.147. The summed E-state index contributed by atoms with van der Waals surface area (Å²) in [5.74, 6) is 0.622. The molecule has 2 heterocycles. The third-order valence-corrected chi connectivity index (χ3v) is 3.21. The maximum atomic E-state index is 11.6. The molecule has 1 atom stereocenters. The lowest BCUT2D eigenvalue weighted by atomic mass is 10.2. The van der Waals surface area contributed by atoms with Crippen LogP contribution in [0.25, 0.3) is 0 Å². The van der Waals surface area contributed by atoms with Gasteiger partial charge in [0.15, 0.2) is 0 Å². The fraction of sp³-hybridized carbons (Fsp3) is 0.692. The topological polar surface area (TPSA) is 84.2 Å². The van der Waals surface area contributed by atoms with Crippen molar-refractivity contribution < 1.29 is 4.74 Å². The summed E-state index contributed by atoms with van der Waals surface area (Å²) in [5, 5.41) is 0. The highest BCUT2D eigenvalue weighted by atomic mass is 16.5. The Labute approximate surface area is 113 Å². The van der Waals surface area contributed by atoms with Gasteiger partial charge in [-0.15, -0.1) is 0 Å². The molecule has 106 valence electrons. The number of nitrogens with zero attached hydrogens (tertiary/aromatic N) is 2. The van der Waals surface area contributed by atoms with Gasteiger partial charge < -0.3 is 15.5 Å². The van der Waals surface area contributed by atoms with Gasteiger partial charge in [-0.3, -0.25) is 9.69 Å². The van der Waals surface area contributed by atoms with E-state index in [1.807, 2.05) is 0 Å². The lowest BCUT2D eigenvalue weighted by Crippen LogP contribution is -2.39. The van der Waals surface area contributed by atoms with E-state index in [0.717, 1.165) is 31.7 Å². The first-order valence-electron chi connectivity index (χ1n) is 6.87. The summed E-state index contributed by atoms with van der Waals surface area (Å²) < 4.78 is 5.72. The summed E-state index contributed by atoms with van der Waals surface area (Å²) in [6, 6.07) is 1.50. The van der Waals surface area contributed by atoms with E-state index >= 15 is 0 Å². The average Bonchev–Trinajstić information content (AvgIpc) is 2.39. The Morgan fingerprint density at radius 1 is 1.63 bits per heavy atom. The van der Waals surface area contributed by atoms with Gasteiger partial charge >= 0.3 is 0 Å². The van der Waals surface area contributed by atoms with Gasteiger partial charge in [0.1, 0.15) is 11.9 Å². The number of nitrogens with one attached hydrogen (secondary N) is 1. The maximum absolute atomic E-state index is 11.6. The summed E-state index contributed by atoms with van der Waals surface area (Å²) >= 11 is 0. The predicted octanol–water partition coefficient (Wildman–Crippen LogP) is 0.0544. The zero-order valence-corrected chi connectivity index (χ0v) is 11.4. The molecule has 0 aliphatic carbocycles. The van der Waals surface area contributed by atoms with Crippen molar-refractivity contribution in [2.24, 2.45) is 5.73 Å². The van der Waals surface area contributed by atoms with Crippen molar-refractivity contribution in [2.45, 2.75) is 25.9 Å². The molecular formula is C13H22N4O2. The molecular weight excluding hydrogens is 244 g/mol. The van der Waals surface area contributed by atoms with E-state index in [1.165, 1.54) is 6.07 Å². The molecule has 0 spiro atoms. The number of hydrogen-bond donors (Lipinski definition) is 2. The van der Waals surface area contributed by atoms with E-state index in [0.29, 0.717) is 25.4 Å². The number of ether oxygens (including phenoxy) is 1. The normalized spacial score (nSPS) is 20.6. The first-order chi connectivity index (χ1) is 9.22. The average molecular weight is 266 g/mol. The summed E-state index contributed by atoms with van der Waals surface area (Å²) in [6.07, 6.45) is 1.58. The second-order valence-corrected chi connectivity index (χ2v) is 4.82. The van der Waals surface area contributed by atoms with E-state index in [-0.39, 0.29) is 11.7 Å². The van der Waals surface area contributed by atoms with Gasteiger partial charge in [0, 0.05) is 31.3 Å². The molecule has 6 heteroatoms. The molecule has 0 saturated carbocycles. The Morgan fingerprint density at radius 3 is 3.21 bits per heavy atom. The van der Waals surface area contributed by atoms with Crippen LogP contribution in [0.1, 0.15) is 31.0 Å². The van der Waals surface area contributed by atoms with Crippen LogP contribution >= 0.6 is 0 Å². The number of aromatic nitrogens is 2. The summed E-state index contributed by atoms with van der Waals surface area (Å²) in [6.45, 7) is 6.10. The molecule has 1 aromatic rings. The Bertz CT molecular complexity index is 458. The van der Waals surface area contributed by atoms with Crippen molar-refractivity contribution in [1.29, 1.82) is 0 Å². The minimum absolute atomic E-state index is 0.135. The molecule has 1 aromatic heterocycles. The van der Waals surface area contributed by atoms with Crippen LogP contribution < -0.4 is 11.3 Å². The molecule has 2 rings (SSSR count). The number of hydrogen-bond acceptors (Lipinski definition) is 5. The Morgan fingerprint density at radius 2 is 2.47 bits per heavy atom. The fourth-order valence-electron chi connectivity index (χ4n) is 2.34. The number of nitrogens with two attached hydrogens (primary N) is 1. The first kappa shape index (κ1) is 14.2. The van der Waals surface area contributed by atoms with Crippen LogP contribution in [-0.4, -0.2) is 47.7 Å². The fourth-order valence-corrected chi connectivity index (χ4v) is 2.34. The van der Waals surface area contributed by atoms with E-state index in [2.05, 4.69) is 21.8 Å². The lowest BCUT2D eigenvalue weighted by Gasteiger charge is -2.32.